The molecule has 7 heteroatoms. The number of hydrogen-bond donors (Lipinski definition) is 2. The van der Waals surface area contributed by atoms with Crippen molar-refractivity contribution in [2.45, 2.75) is 0 Å². The molecule has 3 N–H and O–H groups in total. The number of nitrogens with two attached hydrogens (primary N) is 1. The lowest BCUT2D eigenvalue weighted by Gasteiger charge is -2.06. The second-order valence-electron chi connectivity index (χ2n) is 3.80. The van der Waals surface area contributed by atoms with Gasteiger partial charge in [0.2, 0.25) is 5.88 Å². The van der Waals surface area contributed by atoms with Gasteiger partial charge in [-0.25, -0.2) is 14.2 Å². The van der Waals surface area contributed by atoms with Gasteiger partial charge in [-0.2, -0.15) is 0 Å². The molecule has 20 heavy (non-hydrogen) atoms. The third kappa shape index (κ3) is 2.89. The van der Waals surface area contributed by atoms with Crippen molar-refractivity contribution in [3.63, 3.8) is 0 Å². The number of carboxylic acid groups (broad SMARTS) is 1. The third-order valence-electron chi connectivity index (χ3n) is 2.41. The first kappa shape index (κ1) is 13.5. The van der Waals surface area contributed by atoms with Gasteiger partial charge in [0, 0.05) is 18.3 Å². The number of nitrogens with zero attached hydrogens (tertiary/aromatic N) is 1. The van der Waals surface area contributed by atoms with Crippen LogP contribution in [0.5, 0.6) is 11.6 Å². The number of aromatic nitrogens is 1. The molecule has 1 aromatic heterocycles. The molecule has 0 atom stereocenters. The Hall–Kier alpha value is -2.96. The Morgan fingerprint density at radius 1 is 1.25 bits per heavy atom. The highest BCUT2D eigenvalue weighted by Gasteiger charge is 2.10. The maximum absolute atomic E-state index is 13.5. The summed E-state index contributed by atoms with van der Waals surface area (Å²) in [5.74, 6) is -2.58. The van der Waals surface area contributed by atoms with E-state index in [2.05, 4.69) is 4.98 Å². The number of carbonyl (C=O) groups is 2. The minimum atomic E-state index is -1.11. The second-order valence-corrected chi connectivity index (χ2v) is 3.80. The van der Waals surface area contributed by atoms with Crippen LogP contribution in [0.2, 0.25) is 0 Å². The Morgan fingerprint density at radius 3 is 2.50 bits per heavy atom. The van der Waals surface area contributed by atoms with Gasteiger partial charge in [0.15, 0.2) is 0 Å². The molecule has 0 saturated heterocycles. The molecule has 6 nitrogen and oxygen atoms in total. The minimum absolute atomic E-state index is 0.00704. The summed E-state index contributed by atoms with van der Waals surface area (Å²) >= 11 is 0. The molecule has 2 aromatic rings. The van der Waals surface area contributed by atoms with Gasteiger partial charge in [-0.1, -0.05) is 0 Å². The number of primary amides is 1. The summed E-state index contributed by atoms with van der Waals surface area (Å²) in [6.07, 6.45) is 1.12. The number of aromatic carboxylic acids is 1. The normalized spacial score (nSPS) is 10.1. The fourth-order valence-corrected chi connectivity index (χ4v) is 1.45. The first-order valence-electron chi connectivity index (χ1n) is 5.44. The van der Waals surface area contributed by atoms with E-state index in [1.807, 2.05) is 0 Å². The maximum Gasteiger partial charge on any atom is 0.337 e. The van der Waals surface area contributed by atoms with Crippen LogP contribution in [0.1, 0.15) is 20.7 Å². The summed E-state index contributed by atoms with van der Waals surface area (Å²) in [6, 6.07) is 6.18. The van der Waals surface area contributed by atoms with Crippen molar-refractivity contribution in [2.24, 2.45) is 5.73 Å². The number of amides is 1. The highest BCUT2D eigenvalue weighted by molar-refractivity contribution is 5.93. The Kier molecular flexibility index (Phi) is 3.60. The molecule has 0 unspecified atom stereocenters. The molecule has 0 aliphatic heterocycles. The highest BCUT2D eigenvalue weighted by Crippen LogP contribution is 2.22. The molecule has 102 valence electrons. The zero-order valence-corrected chi connectivity index (χ0v) is 10.0. The Balaban J connectivity index is 2.19. The van der Waals surface area contributed by atoms with Crippen molar-refractivity contribution in [3.8, 4) is 11.6 Å². The second kappa shape index (κ2) is 5.35. The fraction of sp³-hybridized carbons (Fsp3) is 0. The largest absolute Gasteiger partial charge is 0.478 e. The van der Waals surface area contributed by atoms with E-state index in [9.17, 15) is 14.0 Å². The van der Waals surface area contributed by atoms with Crippen molar-refractivity contribution in [2.75, 3.05) is 0 Å². The summed E-state index contributed by atoms with van der Waals surface area (Å²) in [5.41, 5.74) is 4.74. The first-order chi connectivity index (χ1) is 9.47. The summed E-state index contributed by atoms with van der Waals surface area (Å²) in [5, 5.41) is 8.71. The molecule has 1 aromatic carbocycles. The molecule has 0 radical (unpaired) electrons. The Labute approximate surface area is 112 Å². The average molecular weight is 276 g/mol. The van der Waals surface area contributed by atoms with Crippen LogP contribution in [0.4, 0.5) is 4.39 Å². The molecule has 1 amide bonds. The van der Waals surface area contributed by atoms with Gasteiger partial charge in [-0.05, 0) is 18.2 Å². The smallest absolute Gasteiger partial charge is 0.337 e. The van der Waals surface area contributed by atoms with Gasteiger partial charge in [-0.15, -0.1) is 0 Å². The molecule has 2 rings (SSSR count). The van der Waals surface area contributed by atoms with E-state index in [1.54, 1.807) is 0 Å². The van der Waals surface area contributed by atoms with Crippen LogP contribution in [0.15, 0.2) is 36.5 Å². The van der Waals surface area contributed by atoms with Crippen molar-refractivity contribution < 1.29 is 23.8 Å². The first-order valence-corrected chi connectivity index (χ1v) is 5.44. The molecular weight excluding hydrogens is 267 g/mol. The summed E-state index contributed by atoms with van der Waals surface area (Å²) in [7, 11) is 0. The molecule has 0 saturated carbocycles. The molecule has 0 fully saturated rings. The Morgan fingerprint density at radius 2 is 2.00 bits per heavy atom. The van der Waals surface area contributed by atoms with E-state index in [0.29, 0.717) is 0 Å². The SMILES string of the molecule is NC(=O)c1ccc(Oc2ccc(C(=O)O)cn2)cc1F. The standard InChI is InChI=1S/C13H9FN2O4/c14-10-5-8(2-3-9(10)12(15)17)20-11-4-1-7(6-16-11)13(18)19/h1-6H,(H2,15,17)(H,18,19). The zero-order valence-electron chi connectivity index (χ0n) is 10.0. The van der Waals surface area contributed by atoms with Gasteiger partial charge < -0.3 is 15.6 Å². The van der Waals surface area contributed by atoms with Gasteiger partial charge in [-0.3, -0.25) is 4.79 Å². The van der Waals surface area contributed by atoms with E-state index in [4.69, 9.17) is 15.6 Å². The molecule has 0 aliphatic rings. The van der Waals surface area contributed by atoms with Gasteiger partial charge in [0.05, 0.1) is 11.1 Å². The van der Waals surface area contributed by atoms with Crippen LogP contribution in [0.25, 0.3) is 0 Å². The molecule has 0 aliphatic carbocycles. The van der Waals surface area contributed by atoms with Crippen LogP contribution < -0.4 is 10.5 Å². The van der Waals surface area contributed by atoms with Crippen molar-refractivity contribution >= 4 is 11.9 Å². The third-order valence-corrected chi connectivity index (χ3v) is 2.41. The average Bonchev–Trinajstić information content (AvgIpc) is 2.39. The van der Waals surface area contributed by atoms with E-state index in [1.165, 1.54) is 24.3 Å². The predicted molar refractivity (Wildman–Crippen MR) is 66.2 cm³/mol. The number of ether oxygens (including phenoxy) is 1. The number of rotatable bonds is 4. The molecule has 1 heterocycles. The van der Waals surface area contributed by atoms with Gasteiger partial charge >= 0.3 is 5.97 Å². The maximum atomic E-state index is 13.5. The number of carbonyl (C=O) groups excluding carboxylic acids is 1. The molecule has 0 bridgehead atoms. The topological polar surface area (TPSA) is 103 Å². The monoisotopic (exact) mass is 276 g/mol. The van der Waals surface area contributed by atoms with Crippen LogP contribution >= 0.6 is 0 Å². The van der Waals surface area contributed by atoms with Gasteiger partial charge in [0.1, 0.15) is 11.6 Å². The number of halogens is 1. The summed E-state index contributed by atoms with van der Waals surface area (Å²) in [4.78, 5) is 25.3. The van der Waals surface area contributed by atoms with E-state index >= 15 is 0 Å². The molecular formula is C13H9FN2O4. The quantitative estimate of drug-likeness (QED) is 0.886. The van der Waals surface area contributed by atoms with Crippen molar-refractivity contribution in [1.82, 2.24) is 4.98 Å². The van der Waals surface area contributed by atoms with Crippen LogP contribution in [0, 0.1) is 5.82 Å². The number of carboxylic acids is 1. The minimum Gasteiger partial charge on any atom is -0.478 e. The molecule has 0 spiro atoms. The Bertz CT molecular complexity index is 671. The van der Waals surface area contributed by atoms with Crippen molar-refractivity contribution in [3.05, 3.63) is 53.5 Å². The summed E-state index contributed by atoms with van der Waals surface area (Å²) in [6.45, 7) is 0. The van der Waals surface area contributed by atoms with E-state index in [-0.39, 0.29) is 22.8 Å². The fourth-order valence-electron chi connectivity index (χ4n) is 1.45. The lowest BCUT2D eigenvalue weighted by molar-refractivity contribution is 0.0696. The lowest BCUT2D eigenvalue weighted by atomic mass is 10.2. The predicted octanol–water partition coefficient (Wildman–Crippen LogP) is 1.81. The lowest BCUT2D eigenvalue weighted by Crippen LogP contribution is -2.12. The van der Waals surface area contributed by atoms with Crippen LogP contribution in [-0.4, -0.2) is 22.0 Å². The van der Waals surface area contributed by atoms with E-state index in [0.717, 1.165) is 12.3 Å². The van der Waals surface area contributed by atoms with E-state index < -0.39 is 17.7 Å². The highest BCUT2D eigenvalue weighted by atomic mass is 19.1. The van der Waals surface area contributed by atoms with Gasteiger partial charge in [0.25, 0.3) is 5.91 Å². The van der Waals surface area contributed by atoms with Crippen LogP contribution in [-0.2, 0) is 0 Å². The number of hydrogen-bond acceptors (Lipinski definition) is 4. The van der Waals surface area contributed by atoms with Crippen molar-refractivity contribution in [1.29, 1.82) is 0 Å². The summed E-state index contributed by atoms with van der Waals surface area (Å²) < 4.78 is 18.7. The number of pyridine rings is 1. The zero-order chi connectivity index (χ0) is 14.7. The van der Waals surface area contributed by atoms with Crippen LogP contribution in [0.3, 0.4) is 0 Å². The number of benzene rings is 1.